The molecular formula is C16H22N4O2. The first-order valence-corrected chi connectivity index (χ1v) is 7.77. The molecule has 1 saturated heterocycles. The minimum Gasteiger partial charge on any atom is -0.379 e. The summed E-state index contributed by atoms with van der Waals surface area (Å²) in [5.41, 5.74) is 7.80. The molecule has 0 bridgehead atoms. The maximum atomic E-state index is 5.53. The van der Waals surface area contributed by atoms with E-state index in [1.165, 1.54) is 5.56 Å². The monoisotopic (exact) mass is 302 g/mol. The van der Waals surface area contributed by atoms with E-state index in [1.54, 1.807) is 0 Å². The minimum atomic E-state index is 0.647. The number of ether oxygens (including phenoxy) is 1. The van der Waals surface area contributed by atoms with Crippen molar-refractivity contribution in [3.05, 3.63) is 35.7 Å². The lowest BCUT2D eigenvalue weighted by molar-refractivity contribution is 0.0297. The maximum Gasteiger partial charge on any atom is 0.241 e. The molecule has 6 heteroatoms. The number of nitrogens with two attached hydrogens (primary N) is 1. The molecule has 0 radical (unpaired) electrons. The molecule has 1 aromatic carbocycles. The number of morpholine rings is 1. The molecule has 2 aromatic rings. The van der Waals surface area contributed by atoms with E-state index in [0.717, 1.165) is 51.3 Å². The lowest BCUT2D eigenvalue weighted by Gasteiger charge is -2.24. The van der Waals surface area contributed by atoms with Gasteiger partial charge in [-0.3, -0.25) is 4.90 Å². The van der Waals surface area contributed by atoms with E-state index in [4.69, 9.17) is 15.0 Å². The Bertz CT molecular complexity index is 576. The van der Waals surface area contributed by atoms with Crippen LogP contribution >= 0.6 is 0 Å². The fourth-order valence-electron chi connectivity index (χ4n) is 2.51. The van der Waals surface area contributed by atoms with Gasteiger partial charge >= 0.3 is 0 Å². The molecule has 2 heterocycles. The van der Waals surface area contributed by atoms with Crippen molar-refractivity contribution in [1.29, 1.82) is 0 Å². The summed E-state index contributed by atoms with van der Waals surface area (Å²) >= 11 is 0. The molecule has 3 rings (SSSR count). The van der Waals surface area contributed by atoms with Gasteiger partial charge in [0.15, 0.2) is 0 Å². The summed E-state index contributed by atoms with van der Waals surface area (Å²) in [4.78, 5) is 6.75. The largest absolute Gasteiger partial charge is 0.379 e. The highest BCUT2D eigenvalue weighted by molar-refractivity contribution is 5.54. The summed E-state index contributed by atoms with van der Waals surface area (Å²) in [5, 5.41) is 4.08. The third-order valence-electron chi connectivity index (χ3n) is 3.81. The summed E-state index contributed by atoms with van der Waals surface area (Å²) in [7, 11) is 0. The van der Waals surface area contributed by atoms with E-state index in [2.05, 4.69) is 27.2 Å². The molecule has 0 amide bonds. The van der Waals surface area contributed by atoms with Gasteiger partial charge in [0, 0.05) is 18.7 Å². The third kappa shape index (κ3) is 3.91. The third-order valence-corrected chi connectivity index (χ3v) is 3.81. The van der Waals surface area contributed by atoms with Gasteiger partial charge in [-0.25, -0.2) is 0 Å². The zero-order valence-electron chi connectivity index (χ0n) is 12.7. The van der Waals surface area contributed by atoms with Crippen LogP contribution in [0, 0.1) is 0 Å². The van der Waals surface area contributed by atoms with E-state index in [9.17, 15) is 0 Å². The van der Waals surface area contributed by atoms with E-state index < -0.39 is 0 Å². The van der Waals surface area contributed by atoms with Gasteiger partial charge in [0.2, 0.25) is 11.7 Å². The number of hydrogen-bond acceptors (Lipinski definition) is 6. The smallest absolute Gasteiger partial charge is 0.241 e. The van der Waals surface area contributed by atoms with E-state index in [1.807, 2.05) is 12.1 Å². The average molecular weight is 302 g/mol. The number of nitrogens with zero attached hydrogens (tertiary/aromatic N) is 3. The molecule has 22 heavy (non-hydrogen) atoms. The molecule has 118 valence electrons. The van der Waals surface area contributed by atoms with Gasteiger partial charge in [0.1, 0.15) is 0 Å². The number of rotatable bonds is 6. The van der Waals surface area contributed by atoms with Crippen molar-refractivity contribution in [3.8, 4) is 11.4 Å². The summed E-state index contributed by atoms with van der Waals surface area (Å²) in [5.74, 6) is 1.30. The summed E-state index contributed by atoms with van der Waals surface area (Å²) < 4.78 is 10.7. The molecule has 0 saturated carbocycles. The highest BCUT2D eigenvalue weighted by atomic mass is 16.5. The van der Waals surface area contributed by atoms with Crippen molar-refractivity contribution in [2.75, 3.05) is 32.8 Å². The quantitative estimate of drug-likeness (QED) is 0.870. The molecule has 0 aliphatic carbocycles. The Morgan fingerprint density at radius 3 is 2.64 bits per heavy atom. The topological polar surface area (TPSA) is 77.4 Å². The van der Waals surface area contributed by atoms with E-state index in [0.29, 0.717) is 18.3 Å². The van der Waals surface area contributed by atoms with Crippen LogP contribution in [0.4, 0.5) is 0 Å². The van der Waals surface area contributed by atoms with Crippen LogP contribution in [0.15, 0.2) is 28.8 Å². The second-order valence-electron chi connectivity index (χ2n) is 5.49. The van der Waals surface area contributed by atoms with Gasteiger partial charge in [0.25, 0.3) is 0 Å². The average Bonchev–Trinajstić information content (AvgIpc) is 3.03. The van der Waals surface area contributed by atoms with Crippen molar-refractivity contribution in [2.24, 2.45) is 5.73 Å². The molecule has 0 spiro atoms. The molecule has 1 aliphatic heterocycles. The predicted molar refractivity (Wildman–Crippen MR) is 83.2 cm³/mol. The predicted octanol–water partition coefficient (Wildman–Crippen LogP) is 1.46. The lowest BCUT2D eigenvalue weighted by atomic mass is 10.1. The highest BCUT2D eigenvalue weighted by Gasteiger charge is 2.15. The summed E-state index contributed by atoms with van der Waals surface area (Å²) in [6, 6.07) is 8.27. The maximum absolute atomic E-state index is 5.53. The van der Waals surface area contributed by atoms with Crippen LogP contribution in [-0.4, -0.2) is 47.9 Å². The van der Waals surface area contributed by atoms with Crippen molar-refractivity contribution in [3.63, 3.8) is 0 Å². The fourth-order valence-corrected chi connectivity index (χ4v) is 2.51. The minimum absolute atomic E-state index is 0.647. The first-order chi connectivity index (χ1) is 10.8. The van der Waals surface area contributed by atoms with E-state index >= 15 is 0 Å². The van der Waals surface area contributed by atoms with Crippen molar-refractivity contribution < 1.29 is 9.26 Å². The van der Waals surface area contributed by atoms with Crippen LogP contribution in [0.5, 0.6) is 0 Å². The van der Waals surface area contributed by atoms with Crippen molar-refractivity contribution >= 4 is 0 Å². The van der Waals surface area contributed by atoms with Gasteiger partial charge in [0.05, 0.1) is 19.8 Å². The van der Waals surface area contributed by atoms with Crippen molar-refractivity contribution in [2.45, 2.75) is 19.4 Å². The van der Waals surface area contributed by atoms with Gasteiger partial charge < -0.3 is 15.0 Å². The Balaban J connectivity index is 1.62. The summed E-state index contributed by atoms with van der Waals surface area (Å²) in [6.45, 7) is 4.76. The number of hydrogen-bond donors (Lipinski definition) is 1. The molecule has 1 aliphatic rings. The first kappa shape index (κ1) is 15.1. The normalized spacial score (nSPS) is 16.0. The zero-order chi connectivity index (χ0) is 15.2. The standard InChI is InChI=1S/C16H22N4O2/c17-7-1-2-13-3-5-14(6-4-13)16-18-15(22-19-16)12-20-8-10-21-11-9-20/h3-6H,1-2,7-12,17H2. The van der Waals surface area contributed by atoms with Crippen LogP contribution < -0.4 is 5.73 Å². The Hall–Kier alpha value is -1.76. The molecular weight excluding hydrogens is 280 g/mol. The number of benzene rings is 1. The van der Waals surface area contributed by atoms with Crippen LogP contribution in [0.2, 0.25) is 0 Å². The van der Waals surface area contributed by atoms with Crippen LogP contribution in [-0.2, 0) is 17.7 Å². The van der Waals surface area contributed by atoms with Crippen LogP contribution in [0.25, 0.3) is 11.4 Å². The Morgan fingerprint density at radius 1 is 1.14 bits per heavy atom. The molecule has 6 nitrogen and oxygen atoms in total. The Morgan fingerprint density at radius 2 is 1.91 bits per heavy atom. The van der Waals surface area contributed by atoms with E-state index in [-0.39, 0.29) is 0 Å². The van der Waals surface area contributed by atoms with Crippen molar-refractivity contribution in [1.82, 2.24) is 15.0 Å². The Labute approximate surface area is 130 Å². The highest BCUT2D eigenvalue weighted by Crippen LogP contribution is 2.18. The number of aryl methyl sites for hydroxylation is 1. The van der Waals surface area contributed by atoms with Crippen LogP contribution in [0.1, 0.15) is 17.9 Å². The fraction of sp³-hybridized carbons (Fsp3) is 0.500. The van der Waals surface area contributed by atoms with Gasteiger partial charge in [-0.05, 0) is 24.9 Å². The molecule has 1 aromatic heterocycles. The zero-order valence-corrected chi connectivity index (χ0v) is 12.7. The second-order valence-corrected chi connectivity index (χ2v) is 5.49. The lowest BCUT2D eigenvalue weighted by Crippen LogP contribution is -2.35. The Kier molecular flexibility index (Phi) is 5.15. The van der Waals surface area contributed by atoms with Crippen LogP contribution in [0.3, 0.4) is 0 Å². The van der Waals surface area contributed by atoms with Gasteiger partial charge in [-0.1, -0.05) is 29.4 Å². The molecule has 0 unspecified atom stereocenters. The SMILES string of the molecule is NCCCc1ccc(-c2noc(CN3CCOCC3)n2)cc1. The molecule has 0 atom stereocenters. The second kappa shape index (κ2) is 7.49. The summed E-state index contributed by atoms with van der Waals surface area (Å²) in [6.07, 6.45) is 2.01. The van der Waals surface area contributed by atoms with Gasteiger partial charge in [-0.2, -0.15) is 4.98 Å². The first-order valence-electron chi connectivity index (χ1n) is 7.77. The molecule has 1 fully saturated rings. The number of aromatic nitrogens is 2. The molecule has 2 N–H and O–H groups in total. The van der Waals surface area contributed by atoms with Gasteiger partial charge in [-0.15, -0.1) is 0 Å².